The van der Waals surface area contributed by atoms with Gasteiger partial charge in [0, 0.05) is 43.9 Å². The summed E-state index contributed by atoms with van der Waals surface area (Å²) in [5.41, 5.74) is 3.18. The van der Waals surface area contributed by atoms with Gasteiger partial charge in [-0.25, -0.2) is 0 Å². The second kappa shape index (κ2) is 7.56. The van der Waals surface area contributed by atoms with Gasteiger partial charge < -0.3 is 9.47 Å². The summed E-state index contributed by atoms with van der Waals surface area (Å²) in [5, 5.41) is 1.62. The van der Waals surface area contributed by atoms with Crippen LogP contribution >= 0.6 is 0 Å². The zero-order valence-corrected chi connectivity index (χ0v) is 15.5. The Hall–Kier alpha value is -2.88. The van der Waals surface area contributed by atoms with E-state index in [1.54, 1.807) is 29.6 Å². The summed E-state index contributed by atoms with van der Waals surface area (Å²) >= 11 is 0. The molecule has 0 atom stereocenters. The van der Waals surface area contributed by atoms with Crippen molar-refractivity contribution in [3.05, 3.63) is 81.8 Å². The summed E-state index contributed by atoms with van der Waals surface area (Å²) < 4.78 is 1.72. The molecule has 3 aromatic rings. The van der Waals surface area contributed by atoms with Gasteiger partial charge in [-0.2, -0.15) is 0 Å². The van der Waals surface area contributed by atoms with Gasteiger partial charge in [0.05, 0.1) is 0 Å². The number of nitrogens with zero attached hydrogens (tertiary/aromatic N) is 2. The van der Waals surface area contributed by atoms with Crippen molar-refractivity contribution in [2.45, 2.75) is 26.3 Å². The van der Waals surface area contributed by atoms with Crippen LogP contribution in [0.2, 0.25) is 0 Å². The van der Waals surface area contributed by atoms with Crippen LogP contribution in [-0.4, -0.2) is 29.5 Å². The van der Waals surface area contributed by atoms with Crippen LogP contribution in [0.15, 0.2) is 59.5 Å². The van der Waals surface area contributed by atoms with E-state index in [4.69, 9.17) is 0 Å². The largest absolute Gasteiger partial charge is 0.345 e. The molecule has 0 radical (unpaired) electrons. The Bertz CT molecular complexity index is 1000. The summed E-state index contributed by atoms with van der Waals surface area (Å²) in [5.74, 6) is -0.0549. The molecular weight excluding hydrogens is 324 g/mol. The normalized spacial score (nSPS) is 10.9. The van der Waals surface area contributed by atoms with Gasteiger partial charge in [0.15, 0.2) is 0 Å². The minimum atomic E-state index is -0.0549. The van der Waals surface area contributed by atoms with Crippen LogP contribution in [0.1, 0.15) is 27.9 Å². The first-order valence-electron chi connectivity index (χ1n) is 8.87. The van der Waals surface area contributed by atoms with Crippen LogP contribution in [0.5, 0.6) is 0 Å². The van der Waals surface area contributed by atoms with Gasteiger partial charge in [-0.3, -0.25) is 9.59 Å². The van der Waals surface area contributed by atoms with Gasteiger partial charge in [0.25, 0.3) is 11.5 Å². The third-order valence-electron chi connectivity index (χ3n) is 4.73. The quantitative estimate of drug-likeness (QED) is 0.706. The Kier molecular flexibility index (Phi) is 5.21. The number of benzene rings is 2. The number of hydrogen-bond donors (Lipinski definition) is 0. The van der Waals surface area contributed by atoms with Crippen LogP contribution in [0.25, 0.3) is 10.8 Å². The van der Waals surface area contributed by atoms with E-state index in [0.29, 0.717) is 12.1 Å². The van der Waals surface area contributed by atoms with Crippen LogP contribution < -0.4 is 5.56 Å². The maximum atomic E-state index is 12.4. The summed E-state index contributed by atoms with van der Waals surface area (Å²) in [6.45, 7) is 2.74. The predicted molar refractivity (Wildman–Crippen MR) is 106 cm³/mol. The van der Waals surface area contributed by atoms with Gasteiger partial charge in [-0.15, -0.1) is 0 Å². The lowest BCUT2D eigenvalue weighted by Crippen LogP contribution is -2.23. The van der Waals surface area contributed by atoms with Crippen molar-refractivity contribution in [1.29, 1.82) is 0 Å². The maximum Gasteiger partial charge on any atom is 0.254 e. The molecule has 0 spiro atoms. The summed E-state index contributed by atoms with van der Waals surface area (Å²) in [6, 6.07) is 15.5. The molecule has 134 valence electrons. The van der Waals surface area contributed by atoms with Crippen molar-refractivity contribution in [3.63, 3.8) is 0 Å². The standard InChI is InChI=1S/C22H24N2O2/c1-16-8-4-5-9-17(16)11-7-13-24-15-20-18(14-21(24)25)10-6-12-19(20)22(26)23(2)3/h4-6,8-10,12,14-15H,7,11,13H2,1-3H3. The van der Waals surface area contributed by atoms with Crippen molar-refractivity contribution < 1.29 is 4.79 Å². The van der Waals surface area contributed by atoms with Crippen molar-refractivity contribution in [2.24, 2.45) is 0 Å². The zero-order chi connectivity index (χ0) is 18.7. The number of aryl methyl sites for hydroxylation is 3. The fraction of sp³-hybridized carbons (Fsp3) is 0.273. The molecule has 0 fully saturated rings. The maximum absolute atomic E-state index is 12.4. The molecule has 0 aliphatic carbocycles. The third kappa shape index (κ3) is 3.69. The minimum absolute atomic E-state index is 0.0308. The lowest BCUT2D eigenvalue weighted by atomic mass is 10.0. The van der Waals surface area contributed by atoms with Gasteiger partial charge in [-0.1, -0.05) is 36.4 Å². The first kappa shape index (κ1) is 17.9. The Labute approximate surface area is 153 Å². The van der Waals surface area contributed by atoms with E-state index in [2.05, 4.69) is 19.1 Å². The Morgan fingerprint density at radius 2 is 1.85 bits per heavy atom. The van der Waals surface area contributed by atoms with Crippen LogP contribution in [0.4, 0.5) is 0 Å². The Balaban J connectivity index is 1.88. The number of carbonyl (C=O) groups excluding carboxylic acids is 1. The zero-order valence-electron chi connectivity index (χ0n) is 15.5. The topological polar surface area (TPSA) is 42.3 Å². The van der Waals surface area contributed by atoms with E-state index in [1.807, 2.05) is 36.5 Å². The third-order valence-corrected chi connectivity index (χ3v) is 4.73. The molecule has 1 amide bonds. The molecule has 4 nitrogen and oxygen atoms in total. The van der Waals surface area contributed by atoms with Crippen molar-refractivity contribution in [2.75, 3.05) is 14.1 Å². The minimum Gasteiger partial charge on any atom is -0.345 e. The molecule has 0 aliphatic rings. The van der Waals surface area contributed by atoms with Crippen LogP contribution in [-0.2, 0) is 13.0 Å². The number of rotatable bonds is 5. The highest BCUT2D eigenvalue weighted by Gasteiger charge is 2.13. The highest BCUT2D eigenvalue weighted by atomic mass is 16.2. The van der Waals surface area contributed by atoms with E-state index in [1.165, 1.54) is 11.1 Å². The molecule has 0 bridgehead atoms. The molecule has 2 aromatic carbocycles. The van der Waals surface area contributed by atoms with Crippen molar-refractivity contribution in [1.82, 2.24) is 9.47 Å². The molecule has 1 aromatic heterocycles. The molecule has 3 rings (SSSR count). The Morgan fingerprint density at radius 3 is 2.58 bits per heavy atom. The molecule has 1 heterocycles. The monoisotopic (exact) mass is 348 g/mol. The fourth-order valence-corrected chi connectivity index (χ4v) is 3.22. The molecule has 0 saturated carbocycles. The molecule has 0 aliphatic heterocycles. The lowest BCUT2D eigenvalue weighted by Gasteiger charge is -2.14. The SMILES string of the molecule is Cc1ccccc1CCCn1cc2c(C(=O)N(C)C)cccc2cc1=O. The van der Waals surface area contributed by atoms with Gasteiger partial charge in [0.2, 0.25) is 0 Å². The van der Waals surface area contributed by atoms with Gasteiger partial charge in [0.1, 0.15) is 0 Å². The number of aromatic nitrogens is 1. The van der Waals surface area contributed by atoms with E-state index < -0.39 is 0 Å². The highest BCUT2D eigenvalue weighted by Crippen LogP contribution is 2.18. The molecule has 4 heteroatoms. The second-order valence-electron chi connectivity index (χ2n) is 6.84. The average molecular weight is 348 g/mol. The highest BCUT2D eigenvalue weighted by molar-refractivity contribution is 6.06. The number of hydrogen-bond acceptors (Lipinski definition) is 2. The van der Waals surface area contributed by atoms with E-state index in [0.717, 1.165) is 23.6 Å². The van der Waals surface area contributed by atoms with E-state index >= 15 is 0 Å². The second-order valence-corrected chi connectivity index (χ2v) is 6.84. The van der Waals surface area contributed by atoms with E-state index in [9.17, 15) is 9.59 Å². The Morgan fingerprint density at radius 1 is 1.08 bits per heavy atom. The fourth-order valence-electron chi connectivity index (χ4n) is 3.22. The molecule has 0 N–H and O–H groups in total. The average Bonchev–Trinajstić information content (AvgIpc) is 2.62. The number of carbonyl (C=O) groups is 1. The summed E-state index contributed by atoms with van der Waals surface area (Å²) in [4.78, 5) is 26.4. The van der Waals surface area contributed by atoms with Gasteiger partial charge in [-0.05, 0) is 42.3 Å². The van der Waals surface area contributed by atoms with Gasteiger partial charge >= 0.3 is 0 Å². The first-order chi connectivity index (χ1) is 12.5. The number of pyridine rings is 1. The molecule has 26 heavy (non-hydrogen) atoms. The van der Waals surface area contributed by atoms with Crippen LogP contribution in [0.3, 0.4) is 0 Å². The lowest BCUT2D eigenvalue weighted by molar-refractivity contribution is 0.0829. The van der Waals surface area contributed by atoms with Crippen LogP contribution in [0, 0.1) is 6.92 Å². The number of fused-ring (bicyclic) bond motifs is 1. The summed E-state index contributed by atoms with van der Waals surface area (Å²) in [6.07, 6.45) is 3.63. The molecule has 0 unspecified atom stereocenters. The number of amides is 1. The molecular formula is C22H24N2O2. The molecule has 0 saturated heterocycles. The smallest absolute Gasteiger partial charge is 0.254 e. The summed E-state index contributed by atoms with van der Waals surface area (Å²) in [7, 11) is 3.47. The first-order valence-corrected chi connectivity index (χ1v) is 8.87. The predicted octanol–water partition coefficient (Wildman–Crippen LogP) is 3.64. The van der Waals surface area contributed by atoms with Crippen molar-refractivity contribution in [3.8, 4) is 0 Å². The van der Waals surface area contributed by atoms with Crippen molar-refractivity contribution >= 4 is 16.7 Å². The van der Waals surface area contributed by atoms with E-state index in [-0.39, 0.29) is 11.5 Å².